The Morgan fingerprint density at radius 3 is 2.62 bits per heavy atom. The molecule has 8 heteroatoms. The fraction of sp³-hybridized carbons (Fsp3) is 0.429. The molecule has 6 nitrogen and oxygen atoms in total. The first-order chi connectivity index (χ1) is 13.9. The van der Waals surface area contributed by atoms with Gasteiger partial charge in [0.2, 0.25) is 0 Å². The minimum absolute atomic E-state index is 0.0273. The van der Waals surface area contributed by atoms with Crippen LogP contribution in [0.1, 0.15) is 12.0 Å². The first kappa shape index (κ1) is 21.5. The van der Waals surface area contributed by atoms with Gasteiger partial charge < -0.3 is 14.6 Å². The molecule has 0 saturated carbocycles. The van der Waals surface area contributed by atoms with Crippen LogP contribution < -0.4 is 9.47 Å². The Morgan fingerprint density at radius 2 is 1.97 bits per heavy atom. The zero-order valence-electron chi connectivity index (χ0n) is 16.3. The molecule has 1 aliphatic rings. The summed E-state index contributed by atoms with van der Waals surface area (Å²) in [5.74, 6) is 0.919. The van der Waals surface area contributed by atoms with Gasteiger partial charge >= 0.3 is 0 Å². The third kappa shape index (κ3) is 6.16. The normalized spacial score (nSPS) is 19.2. The third-order valence-corrected chi connectivity index (χ3v) is 6.70. The van der Waals surface area contributed by atoms with Crippen LogP contribution in [0.2, 0.25) is 0 Å². The van der Waals surface area contributed by atoms with Crippen molar-refractivity contribution < 1.29 is 27.4 Å². The number of sulfone groups is 1. The van der Waals surface area contributed by atoms with Crippen molar-refractivity contribution >= 4 is 9.84 Å². The molecule has 2 unspecified atom stereocenters. The number of methoxy groups -OCH3 is 1. The Morgan fingerprint density at radius 1 is 1.21 bits per heavy atom. The first-order valence-corrected chi connectivity index (χ1v) is 11.3. The van der Waals surface area contributed by atoms with E-state index in [1.54, 1.807) is 31.4 Å². The van der Waals surface area contributed by atoms with Gasteiger partial charge in [0.05, 0.1) is 18.6 Å². The molecule has 1 saturated heterocycles. The average Bonchev–Trinajstić information content (AvgIpc) is 3.06. The molecule has 0 bridgehead atoms. The van der Waals surface area contributed by atoms with Gasteiger partial charge in [0.25, 0.3) is 0 Å². The van der Waals surface area contributed by atoms with E-state index in [1.807, 2.05) is 17.0 Å². The number of hydrogen-bond donors (Lipinski definition) is 1. The van der Waals surface area contributed by atoms with Gasteiger partial charge in [-0.25, -0.2) is 12.8 Å². The van der Waals surface area contributed by atoms with E-state index in [-0.39, 0.29) is 36.5 Å². The number of aliphatic hydroxyl groups excluding tert-OH is 1. The molecule has 1 aliphatic heterocycles. The van der Waals surface area contributed by atoms with Crippen LogP contribution in [0, 0.1) is 5.82 Å². The lowest BCUT2D eigenvalue weighted by Crippen LogP contribution is -2.42. The Balaban J connectivity index is 1.67. The zero-order chi connectivity index (χ0) is 20.9. The van der Waals surface area contributed by atoms with Gasteiger partial charge in [0.1, 0.15) is 18.5 Å². The molecule has 1 N–H and O–H groups in total. The van der Waals surface area contributed by atoms with Gasteiger partial charge in [-0.15, -0.1) is 0 Å². The average molecular weight is 424 g/mol. The predicted molar refractivity (Wildman–Crippen MR) is 108 cm³/mol. The number of hydrogen-bond acceptors (Lipinski definition) is 6. The van der Waals surface area contributed by atoms with Crippen LogP contribution in [0.5, 0.6) is 11.5 Å². The summed E-state index contributed by atoms with van der Waals surface area (Å²) in [5, 5.41) is 10.5. The highest BCUT2D eigenvalue weighted by Crippen LogP contribution is 2.26. The molecule has 0 aromatic heterocycles. The minimum Gasteiger partial charge on any atom is -0.493 e. The second-order valence-corrected chi connectivity index (χ2v) is 9.46. The summed E-state index contributed by atoms with van der Waals surface area (Å²) in [6.45, 7) is 0.592. The van der Waals surface area contributed by atoms with E-state index < -0.39 is 15.9 Å². The van der Waals surface area contributed by atoms with Crippen molar-refractivity contribution in [2.75, 3.05) is 31.8 Å². The van der Waals surface area contributed by atoms with Gasteiger partial charge in [-0.3, -0.25) is 4.90 Å². The maximum atomic E-state index is 13.6. The number of aliphatic hydroxyl groups is 1. The van der Waals surface area contributed by atoms with Crippen LogP contribution in [-0.2, 0) is 16.4 Å². The summed E-state index contributed by atoms with van der Waals surface area (Å²) in [6, 6.07) is 13.1. The molecule has 2 atom stereocenters. The monoisotopic (exact) mass is 423 g/mol. The molecular weight excluding hydrogens is 397 g/mol. The van der Waals surface area contributed by atoms with E-state index in [0.717, 1.165) is 5.56 Å². The SMILES string of the molecule is COc1ccccc1OCC(O)CN(Cc1cccc(F)c1)C1CCS(=O)(=O)C1. The van der Waals surface area contributed by atoms with E-state index in [9.17, 15) is 17.9 Å². The van der Waals surface area contributed by atoms with Crippen LogP contribution >= 0.6 is 0 Å². The lowest BCUT2D eigenvalue weighted by molar-refractivity contribution is 0.0517. The largest absolute Gasteiger partial charge is 0.493 e. The van der Waals surface area contributed by atoms with E-state index in [4.69, 9.17) is 9.47 Å². The number of benzene rings is 2. The molecule has 2 aromatic carbocycles. The molecule has 0 amide bonds. The summed E-state index contributed by atoms with van der Waals surface area (Å²) in [4.78, 5) is 1.90. The van der Waals surface area contributed by atoms with E-state index in [1.165, 1.54) is 12.1 Å². The topological polar surface area (TPSA) is 76.1 Å². The fourth-order valence-electron chi connectivity index (χ4n) is 3.52. The van der Waals surface area contributed by atoms with E-state index in [2.05, 4.69) is 0 Å². The molecule has 2 aromatic rings. The van der Waals surface area contributed by atoms with Crippen molar-refractivity contribution in [1.82, 2.24) is 4.90 Å². The molecule has 0 aliphatic carbocycles. The van der Waals surface area contributed by atoms with Crippen LogP contribution in [0.3, 0.4) is 0 Å². The summed E-state index contributed by atoms with van der Waals surface area (Å²) < 4.78 is 48.3. The maximum Gasteiger partial charge on any atom is 0.161 e. The molecule has 158 valence electrons. The smallest absolute Gasteiger partial charge is 0.161 e. The second-order valence-electron chi connectivity index (χ2n) is 7.23. The number of halogens is 1. The highest BCUT2D eigenvalue weighted by molar-refractivity contribution is 7.91. The lowest BCUT2D eigenvalue weighted by atomic mass is 10.1. The Bertz CT molecular complexity index is 921. The predicted octanol–water partition coefficient (Wildman–Crippen LogP) is 2.26. The van der Waals surface area contributed by atoms with Crippen molar-refractivity contribution in [3.8, 4) is 11.5 Å². The molecule has 0 radical (unpaired) electrons. The quantitative estimate of drug-likeness (QED) is 0.667. The van der Waals surface area contributed by atoms with Gasteiger partial charge in [0, 0.05) is 19.1 Å². The summed E-state index contributed by atoms with van der Waals surface area (Å²) in [7, 11) is -1.54. The van der Waals surface area contributed by atoms with Crippen molar-refractivity contribution in [1.29, 1.82) is 0 Å². The standard InChI is InChI=1S/C21H26FNO5S/c1-27-20-7-2-3-8-21(20)28-14-19(24)13-23(18-9-10-29(25,26)15-18)12-16-5-4-6-17(22)11-16/h2-8,11,18-19,24H,9-10,12-15H2,1H3. The molecule has 29 heavy (non-hydrogen) atoms. The Kier molecular flexibility index (Phi) is 7.10. The second kappa shape index (κ2) is 9.56. The van der Waals surface area contributed by atoms with E-state index in [0.29, 0.717) is 24.5 Å². The van der Waals surface area contributed by atoms with E-state index >= 15 is 0 Å². The van der Waals surface area contributed by atoms with Gasteiger partial charge in [-0.1, -0.05) is 24.3 Å². The zero-order valence-corrected chi connectivity index (χ0v) is 17.1. The molecule has 3 rings (SSSR count). The number of ether oxygens (including phenoxy) is 2. The molecule has 1 fully saturated rings. The lowest BCUT2D eigenvalue weighted by Gasteiger charge is -2.30. The summed E-state index contributed by atoms with van der Waals surface area (Å²) >= 11 is 0. The number of para-hydroxylation sites is 2. The number of nitrogens with zero attached hydrogens (tertiary/aromatic N) is 1. The van der Waals surface area contributed by atoms with Crippen molar-refractivity contribution in [3.63, 3.8) is 0 Å². The highest BCUT2D eigenvalue weighted by atomic mass is 32.2. The Hall–Kier alpha value is -2.16. The summed E-state index contributed by atoms with van der Waals surface area (Å²) in [5.41, 5.74) is 0.729. The van der Waals surface area contributed by atoms with Gasteiger partial charge in [0.15, 0.2) is 21.3 Å². The van der Waals surface area contributed by atoms with Crippen molar-refractivity contribution in [2.45, 2.75) is 25.1 Å². The minimum atomic E-state index is -3.09. The highest BCUT2D eigenvalue weighted by Gasteiger charge is 2.33. The van der Waals surface area contributed by atoms with Crippen LogP contribution in [-0.4, -0.2) is 62.3 Å². The van der Waals surface area contributed by atoms with Crippen LogP contribution in [0.4, 0.5) is 4.39 Å². The number of rotatable bonds is 9. The maximum absolute atomic E-state index is 13.6. The third-order valence-electron chi connectivity index (χ3n) is 4.95. The summed E-state index contributed by atoms with van der Waals surface area (Å²) in [6.07, 6.45) is -0.352. The molecular formula is C21H26FNO5S. The first-order valence-electron chi connectivity index (χ1n) is 9.49. The van der Waals surface area contributed by atoms with Gasteiger partial charge in [-0.05, 0) is 36.2 Å². The van der Waals surface area contributed by atoms with Gasteiger partial charge in [-0.2, -0.15) is 0 Å². The fourth-order valence-corrected chi connectivity index (χ4v) is 5.28. The molecule has 1 heterocycles. The van der Waals surface area contributed by atoms with Crippen LogP contribution in [0.25, 0.3) is 0 Å². The van der Waals surface area contributed by atoms with Crippen molar-refractivity contribution in [2.24, 2.45) is 0 Å². The van der Waals surface area contributed by atoms with Crippen molar-refractivity contribution in [3.05, 3.63) is 59.9 Å². The van der Waals surface area contributed by atoms with Crippen LogP contribution in [0.15, 0.2) is 48.5 Å². The Labute approximate surface area is 170 Å². The molecule has 0 spiro atoms.